The van der Waals surface area contributed by atoms with Crippen LogP contribution in [0.25, 0.3) is 0 Å². The Kier molecular flexibility index (Phi) is 3.87. The normalized spacial score (nSPS) is 27.3. The van der Waals surface area contributed by atoms with Gasteiger partial charge in [-0.2, -0.15) is 0 Å². The van der Waals surface area contributed by atoms with Gasteiger partial charge in [0.05, 0.1) is 0 Å². The molecule has 66 valence electrons. The zero-order chi connectivity index (χ0) is 8.10. The van der Waals surface area contributed by atoms with Crippen LogP contribution < -0.4 is 10.6 Å². The number of rotatable bonds is 4. The lowest BCUT2D eigenvalue weighted by molar-refractivity contribution is 0.442. The van der Waals surface area contributed by atoms with Crippen LogP contribution in [0.3, 0.4) is 0 Å². The van der Waals surface area contributed by atoms with Crippen molar-refractivity contribution in [3.63, 3.8) is 0 Å². The Labute approximate surface area is 69.8 Å². The molecule has 1 fully saturated rings. The number of hydrogen-bond acceptors (Lipinski definition) is 2. The third-order valence-corrected chi connectivity index (χ3v) is 2.30. The predicted molar refractivity (Wildman–Crippen MR) is 48.8 cm³/mol. The molecule has 1 saturated heterocycles. The summed E-state index contributed by atoms with van der Waals surface area (Å²) in [6.45, 7) is 6.87. The van der Waals surface area contributed by atoms with Gasteiger partial charge in [-0.25, -0.2) is 0 Å². The van der Waals surface area contributed by atoms with Gasteiger partial charge in [-0.05, 0) is 26.3 Å². The zero-order valence-corrected chi connectivity index (χ0v) is 7.69. The quantitative estimate of drug-likeness (QED) is 0.637. The van der Waals surface area contributed by atoms with Crippen molar-refractivity contribution < 1.29 is 0 Å². The number of nitrogens with one attached hydrogen (secondary N) is 2. The molecule has 2 unspecified atom stereocenters. The van der Waals surface area contributed by atoms with Gasteiger partial charge in [0.25, 0.3) is 0 Å². The van der Waals surface area contributed by atoms with Crippen molar-refractivity contribution in [2.45, 2.75) is 45.2 Å². The highest BCUT2D eigenvalue weighted by molar-refractivity contribution is 4.79. The lowest BCUT2D eigenvalue weighted by Gasteiger charge is -2.17. The monoisotopic (exact) mass is 156 g/mol. The first kappa shape index (κ1) is 9.01. The maximum absolute atomic E-state index is 3.62. The van der Waals surface area contributed by atoms with Gasteiger partial charge < -0.3 is 10.6 Å². The molecule has 1 heterocycles. The highest BCUT2D eigenvalue weighted by Gasteiger charge is 2.15. The summed E-state index contributed by atoms with van der Waals surface area (Å²) in [5.74, 6) is 0. The molecule has 0 aromatic heterocycles. The van der Waals surface area contributed by atoms with Crippen LogP contribution in [-0.4, -0.2) is 25.2 Å². The Balaban J connectivity index is 2.08. The molecule has 0 radical (unpaired) electrons. The molecule has 1 rings (SSSR count). The van der Waals surface area contributed by atoms with Crippen LogP contribution >= 0.6 is 0 Å². The second kappa shape index (κ2) is 4.73. The molecule has 0 spiro atoms. The minimum Gasteiger partial charge on any atom is -0.315 e. The Bertz CT molecular complexity index is 97.7. The van der Waals surface area contributed by atoms with E-state index in [4.69, 9.17) is 0 Å². The highest BCUT2D eigenvalue weighted by atomic mass is 15.0. The Morgan fingerprint density at radius 2 is 2.45 bits per heavy atom. The summed E-state index contributed by atoms with van der Waals surface area (Å²) < 4.78 is 0. The van der Waals surface area contributed by atoms with E-state index in [0.717, 1.165) is 12.6 Å². The van der Waals surface area contributed by atoms with Crippen molar-refractivity contribution in [1.29, 1.82) is 0 Å². The smallest absolute Gasteiger partial charge is 0.0207 e. The summed E-state index contributed by atoms with van der Waals surface area (Å²) >= 11 is 0. The minimum atomic E-state index is 0.699. The van der Waals surface area contributed by atoms with E-state index in [1.165, 1.54) is 25.8 Å². The van der Waals surface area contributed by atoms with Crippen LogP contribution in [0, 0.1) is 0 Å². The van der Waals surface area contributed by atoms with Gasteiger partial charge in [0.15, 0.2) is 0 Å². The van der Waals surface area contributed by atoms with Gasteiger partial charge in [0.1, 0.15) is 0 Å². The second-order valence-electron chi connectivity index (χ2n) is 3.55. The average Bonchev–Trinajstić information content (AvgIpc) is 2.40. The molecule has 2 heteroatoms. The second-order valence-corrected chi connectivity index (χ2v) is 3.55. The topological polar surface area (TPSA) is 24.1 Å². The molecule has 0 amide bonds. The lowest BCUT2D eigenvalue weighted by Crippen LogP contribution is -2.37. The predicted octanol–water partition coefficient (Wildman–Crippen LogP) is 1.13. The van der Waals surface area contributed by atoms with Crippen LogP contribution in [-0.2, 0) is 0 Å². The van der Waals surface area contributed by atoms with Gasteiger partial charge in [-0.15, -0.1) is 0 Å². The van der Waals surface area contributed by atoms with Crippen molar-refractivity contribution in [3.05, 3.63) is 0 Å². The molecule has 1 aliphatic heterocycles. The van der Waals surface area contributed by atoms with Crippen molar-refractivity contribution in [1.82, 2.24) is 10.6 Å². The van der Waals surface area contributed by atoms with E-state index in [2.05, 4.69) is 24.5 Å². The van der Waals surface area contributed by atoms with E-state index in [9.17, 15) is 0 Å². The van der Waals surface area contributed by atoms with E-state index >= 15 is 0 Å². The van der Waals surface area contributed by atoms with Crippen LogP contribution in [0.1, 0.15) is 33.1 Å². The Morgan fingerprint density at radius 1 is 1.64 bits per heavy atom. The molecule has 0 aromatic carbocycles. The standard InChI is InChI=1S/C9H20N2/c1-3-4-8(2)11-9-5-6-10-7-9/h8-11H,3-7H2,1-2H3. The van der Waals surface area contributed by atoms with Crippen molar-refractivity contribution in [3.8, 4) is 0 Å². The van der Waals surface area contributed by atoms with E-state index < -0.39 is 0 Å². The first-order valence-electron chi connectivity index (χ1n) is 4.79. The van der Waals surface area contributed by atoms with E-state index in [0.29, 0.717) is 6.04 Å². The van der Waals surface area contributed by atoms with Gasteiger partial charge in [0, 0.05) is 18.6 Å². The van der Waals surface area contributed by atoms with Gasteiger partial charge in [0.2, 0.25) is 0 Å². The van der Waals surface area contributed by atoms with Gasteiger partial charge >= 0.3 is 0 Å². The molecular formula is C9H20N2. The molecule has 2 N–H and O–H groups in total. The van der Waals surface area contributed by atoms with E-state index in [1.54, 1.807) is 0 Å². The van der Waals surface area contributed by atoms with Gasteiger partial charge in [-0.3, -0.25) is 0 Å². The summed E-state index contributed by atoms with van der Waals surface area (Å²) in [5.41, 5.74) is 0. The molecule has 2 atom stereocenters. The minimum absolute atomic E-state index is 0.699. The van der Waals surface area contributed by atoms with Crippen molar-refractivity contribution in [2.75, 3.05) is 13.1 Å². The van der Waals surface area contributed by atoms with Gasteiger partial charge in [-0.1, -0.05) is 13.3 Å². The maximum Gasteiger partial charge on any atom is 0.0207 e. The van der Waals surface area contributed by atoms with Crippen molar-refractivity contribution >= 4 is 0 Å². The molecular weight excluding hydrogens is 136 g/mol. The Hall–Kier alpha value is -0.0800. The Morgan fingerprint density at radius 3 is 3.00 bits per heavy atom. The zero-order valence-electron chi connectivity index (χ0n) is 7.69. The van der Waals surface area contributed by atoms with E-state index in [-0.39, 0.29) is 0 Å². The summed E-state index contributed by atoms with van der Waals surface area (Å²) in [6.07, 6.45) is 3.89. The van der Waals surface area contributed by atoms with E-state index in [1.807, 2.05) is 0 Å². The first-order valence-corrected chi connectivity index (χ1v) is 4.79. The van der Waals surface area contributed by atoms with Crippen LogP contribution in [0.4, 0.5) is 0 Å². The summed E-state index contributed by atoms with van der Waals surface area (Å²) in [7, 11) is 0. The molecule has 0 aromatic rings. The van der Waals surface area contributed by atoms with Crippen molar-refractivity contribution in [2.24, 2.45) is 0 Å². The molecule has 0 aliphatic carbocycles. The summed E-state index contributed by atoms with van der Waals surface area (Å²) in [6, 6.07) is 1.43. The SMILES string of the molecule is CCCC(C)NC1CCNC1. The van der Waals surface area contributed by atoms with Crippen LogP contribution in [0.15, 0.2) is 0 Å². The fourth-order valence-electron chi connectivity index (χ4n) is 1.72. The summed E-state index contributed by atoms with van der Waals surface area (Å²) in [5, 5.41) is 6.97. The summed E-state index contributed by atoms with van der Waals surface area (Å²) in [4.78, 5) is 0. The highest BCUT2D eigenvalue weighted by Crippen LogP contribution is 2.02. The average molecular weight is 156 g/mol. The molecule has 11 heavy (non-hydrogen) atoms. The molecule has 1 aliphatic rings. The first-order chi connectivity index (χ1) is 5.33. The molecule has 2 nitrogen and oxygen atoms in total. The molecule has 0 saturated carbocycles. The largest absolute Gasteiger partial charge is 0.315 e. The van der Waals surface area contributed by atoms with Crippen LogP contribution in [0.5, 0.6) is 0 Å². The number of hydrogen-bond donors (Lipinski definition) is 2. The third-order valence-electron chi connectivity index (χ3n) is 2.30. The molecule has 0 bridgehead atoms. The lowest BCUT2D eigenvalue weighted by atomic mass is 10.1. The van der Waals surface area contributed by atoms with Crippen LogP contribution in [0.2, 0.25) is 0 Å². The third kappa shape index (κ3) is 3.21. The maximum atomic E-state index is 3.62. The fraction of sp³-hybridized carbons (Fsp3) is 1.00. The fourth-order valence-corrected chi connectivity index (χ4v) is 1.72.